The minimum Gasteiger partial charge on any atom is -0.455 e. The Kier molecular flexibility index (Phi) is 8.46. The Labute approximate surface area is 405 Å². The Morgan fingerprint density at radius 3 is 1.67 bits per heavy atom. The van der Waals surface area contributed by atoms with Crippen LogP contribution in [-0.2, 0) is 0 Å². The highest BCUT2D eigenvalue weighted by Gasteiger charge is 2.26. The smallest absolute Gasteiger partial charge is 0.160 e. The molecule has 0 unspecified atom stereocenters. The summed E-state index contributed by atoms with van der Waals surface area (Å²) >= 11 is 1.76. The number of para-hydroxylation sites is 3. The van der Waals surface area contributed by atoms with Crippen molar-refractivity contribution in [1.82, 2.24) is 19.1 Å². The number of benzene rings is 10. The Bertz CT molecular complexity index is 4510. The molecule has 0 amide bonds. The van der Waals surface area contributed by atoms with Crippen LogP contribution in [0.25, 0.3) is 142 Å². The van der Waals surface area contributed by atoms with Crippen LogP contribution in [-0.4, -0.2) is 19.1 Å². The van der Waals surface area contributed by atoms with E-state index in [1.54, 1.807) is 11.3 Å². The van der Waals surface area contributed by atoms with Crippen molar-refractivity contribution < 1.29 is 4.42 Å². The zero-order valence-electron chi connectivity index (χ0n) is 37.5. The number of thiophene rings is 1. The number of nitrogens with zero attached hydrogens (tertiary/aromatic N) is 4. The summed E-state index contributed by atoms with van der Waals surface area (Å²) in [4.78, 5) is 10.8. The van der Waals surface area contributed by atoms with Crippen LogP contribution in [0.15, 0.2) is 235 Å². The van der Waals surface area contributed by atoms with Gasteiger partial charge >= 0.3 is 0 Å². The second-order valence-electron chi connectivity index (χ2n) is 18.0. The lowest BCUT2D eigenvalue weighted by Crippen LogP contribution is -2.02. The Morgan fingerprint density at radius 1 is 0.386 bits per heavy atom. The van der Waals surface area contributed by atoms with E-state index < -0.39 is 0 Å². The van der Waals surface area contributed by atoms with Crippen LogP contribution in [0.4, 0.5) is 0 Å². The number of furan rings is 1. The van der Waals surface area contributed by atoms with Crippen molar-refractivity contribution in [2.24, 2.45) is 0 Å². The highest BCUT2D eigenvalue weighted by atomic mass is 32.1. The molecule has 5 heterocycles. The van der Waals surface area contributed by atoms with Gasteiger partial charge in [-0.25, -0.2) is 9.97 Å². The van der Waals surface area contributed by atoms with Gasteiger partial charge in [0, 0.05) is 65.0 Å². The third-order valence-electron chi connectivity index (χ3n) is 14.1. The molecular formula is C64H38N4OS. The van der Waals surface area contributed by atoms with Gasteiger partial charge in [0.15, 0.2) is 5.82 Å². The van der Waals surface area contributed by atoms with E-state index in [1.165, 1.54) is 15.6 Å². The highest BCUT2D eigenvalue weighted by Crippen LogP contribution is 2.48. The molecule has 0 aliphatic heterocycles. The first-order valence-corrected chi connectivity index (χ1v) is 24.5. The van der Waals surface area contributed by atoms with E-state index in [0.717, 1.165) is 121 Å². The molecule has 0 spiro atoms. The summed E-state index contributed by atoms with van der Waals surface area (Å²) in [6, 6.07) is 82.5. The summed E-state index contributed by atoms with van der Waals surface area (Å²) in [5.74, 6) is 0.706. The number of fused-ring (bicyclic) bond motifs is 13. The average Bonchev–Trinajstić information content (AvgIpc) is 4.18. The topological polar surface area (TPSA) is 48.8 Å². The first-order valence-electron chi connectivity index (χ1n) is 23.6. The van der Waals surface area contributed by atoms with E-state index in [0.29, 0.717) is 5.82 Å². The van der Waals surface area contributed by atoms with Gasteiger partial charge in [0.2, 0.25) is 0 Å². The van der Waals surface area contributed by atoms with E-state index >= 15 is 0 Å². The molecule has 70 heavy (non-hydrogen) atoms. The second-order valence-corrected chi connectivity index (χ2v) is 19.1. The molecule has 15 aromatic rings. The second kappa shape index (κ2) is 15.2. The Hall–Kier alpha value is -9.10. The van der Waals surface area contributed by atoms with E-state index in [4.69, 9.17) is 14.4 Å². The zero-order chi connectivity index (χ0) is 45.9. The van der Waals surface area contributed by atoms with Gasteiger partial charge in [-0.05, 0) is 77.9 Å². The molecular weight excluding hydrogens is 873 g/mol. The fourth-order valence-electron chi connectivity index (χ4n) is 11.0. The molecule has 0 aliphatic carbocycles. The van der Waals surface area contributed by atoms with E-state index in [1.807, 2.05) is 6.07 Å². The summed E-state index contributed by atoms with van der Waals surface area (Å²) in [6.07, 6.45) is 0. The van der Waals surface area contributed by atoms with Crippen LogP contribution in [0.3, 0.4) is 0 Å². The third kappa shape index (κ3) is 5.78. The van der Waals surface area contributed by atoms with Gasteiger partial charge in [0.25, 0.3) is 0 Å². The van der Waals surface area contributed by atoms with Crippen LogP contribution in [0.2, 0.25) is 0 Å². The van der Waals surface area contributed by atoms with Gasteiger partial charge in [-0.1, -0.05) is 164 Å². The largest absolute Gasteiger partial charge is 0.455 e. The molecule has 5 nitrogen and oxygen atoms in total. The number of rotatable bonds is 6. The summed E-state index contributed by atoms with van der Waals surface area (Å²) in [6.45, 7) is 0. The molecule has 0 atom stereocenters. The quantitative estimate of drug-likeness (QED) is 0.167. The maximum Gasteiger partial charge on any atom is 0.160 e. The summed E-state index contributed by atoms with van der Waals surface area (Å²) in [5.41, 5.74) is 16.7. The predicted octanol–water partition coefficient (Wildman–Crippen LogP) is 17.6. The van der Waals surface area contributed by atoms with Crippen molar-refractivity contribution in [3.05, 3.63) is 231 Å². The van der Waals surface area contributed by atoms with Crippen molar-refractivity contribution in [3.8, 4) is 56.3 Å². The van der Waals surface area contributed by atoms with Gasteiger partial charge in [0.1, 0.15) is 11.2 Å². The normalized spacial score (nSPS) is 12.0. The lowest BCUT2D eigenvalue weighted by Gasteiger charge is -2.21. The maximum absolute atomic E-state index is 7.18. The molecule has 10 aromatic carbocycles. The lowest BCUT2D eigenvalue weighted by molar-refractivity contribution is 0.673. The van der Waals surface area contributed by atoms with Crippen molar-refractivity contribution in [1.29, 1.82) is 0 Å². The molecule has 0 saturated carbocycles. The van der Waals surface area contributed by atoms with Crippen LogP contribution in [0.1, 0.15) is 0 Å². The molecule has 6 heteroatoms. The van der Waals surface area contributed by atoms with Crippen LogP contribution in [0.5, 0.6) is 0 Å². The minimum atomic E-state index is 0.706. The molecule has 0 N–H and O–H groups in total. The monoisotopic (exact) mass is 910 g/mol. The Morgan fingerprint density at radius 2 is 0.971 bits per heavy atom. The van der Waals surface area contributed by atoms with Crippen molar-refractivity contribution in [2.45, 2.75) is 0 Å². The van der Waals surface area contributed by atoms with E-state index in [9.17, 15) is 0 Å². The molecule has 0 radical (unpaired) electrons. The Balaban J connectivity index is 1.04. The summed E-state index contributed by atoms with van der Waals surface area (Å²) in [5, 5.41) is 7.89. The third-order valence-corrected chi connectivity index (χ3v) is 15.3. The summed E-state index contributed by atoms with van der Waals surface area (Å²) in [7, 11) is 0. The van der Waals surface area contributed by atoms with Gasteiger partial charge in [0.05, 0.1) is 49.1 Å². The van der Waals surface area contributed by atoms with Crippen LogP contribution in [0, 0.1) is 0 Å². The summed E-state index contributed by atoms with van der Waals surface area (Å²) < 4.78 is 14.3. The van der Waals surface area contributed by atoms with Gasteiger partial charge in [-0.2, -0.15) is 0 Å². The minimum absolute atomic E-state index is 0.706. The van der Waals surface area contributed by atoms with Gasteiger partial charge in [-0.15, -0.1) is 11.3 Å². The van der Waals surface area contributed by atoms with E-state index in [2.05, 4.69) is 234 Å². The number of hydrogen-bond donors (Lipinski definition) is 0. The van der Waals surface area contributed by atoms with E-state index in [-0.39, 0.29) is 0 Å². The van der Waals surface area contributed by atoms with Crippen molar-refractivity contribution in [3.63, 3.8) is 0 Å². The average molecular weight is 911 g/mol. The fourth-order valence-corrected chi connectivity index (χ4v) is 12.2. The molecule has 0 aliphatic rings. The molecule has 326 valence electrons. The number of hydrogen-bond acceptors (Lipinski definition) is 4. The zero-order valence-corrected chi connectivity index (χ0v) is 38.4. The lowest BCUT2D eigenvalue weighted by atomic mass is 9.91. The fraction of sp³-hybridized carbons (Fsp3) is 0. The first kappa shape index (κ1) is 38.9. The van der Waals surface area contributed by atoms with Gasteiger partial charge in [-0.3, -0.25) is 0 Å². The molecule has 0 bridgehead atoms. The molecule has 5 aromatic heterocycles. The van der Waals surface area contributed by atoms with Crippen LogP contribution >= 0.6 is 11.3 Å². The standard InChI is InChI=1S/C64H38N4OS/c1-5-19-39(20-6-1)48-35-42(59-63-60(47-29-15-18-32-57(47)70-63)66-64(65-59)41-23-9-3-10-24-41)36-49(40-21-7-2-8-22-40)61(48)68-53-31-17-14-28-46(53)58-54(68)34-33-45-51-37-55-50(38-56(51)69-62(45)58)44-27-13-16-30-52(44)67(55)43-25-11-4-12-26-43/h1-38H. The predicted molar refractivity (Wildman–Crippen MR) is 293 cm³/mol. The van der Waals surface area contributed by atoms with Crippen LogP contribution < -0.4 is 0 Å². The van der Waals surface area contributed by atoms with Gasteiger partial charge < -0.3 is 13.6 Å². The maximum atomic E-state index is 7.18. The van der Waals surface area contributed by atoms with Crippen molar-refractivity contribution in [2.75, 3.05) is 0 Å². The molecule has 15 rings (SSSR count). The number of aromatic nitrogens is 4. The van der Waals surface area contributed by atoms with Crippen molar-refractivity contribution >= 4 is 97.2 Å². The molecule has 0 saturated heterocycles. The highest BCUT2D eigenvalue weighted by molar-refractivity contribution is 7.26. The molecule has 0 fully saturated rings. The first-order chi connectivity index (χ1) is 34.7. The SMILES string of the molecule is c1ccc(-c2nc(-c3cc(-c4ccccc4)c(-n4c5ccccc5c5c6oc7cc8c9ccccc9n(-c9ccccc9)c8cc7c6ccc54)c(-c4ccccc4)c3)c3sc4ccccc4c3n2)cc1.